The first-order chi connectivity index (χ1) is 10.7. The van der Waals surface area contributed by atoms with E-state index in [0.717, 1.165) is 11.1 Å². The second-order valence-corrected chi connectivity index (χ2v) is 5.07. The summed E-state index contributed by atoms with van der Waals surface area (Å²) in [5, 5.41) is 10.2. The van der Waals surface area contributed by atoms with Crippen molar-refractivity contribution in [1.29, 1.82) is 0 Å². The third-order valence-electron chi connectivity index (χ3n) is 3.46. The van der Waals surface area contributed by atoms with Gasteiger partial charge in [-0.05, 0) is 11.1 Å². The average molecular weight is 296 g/mol. The molecule has 2 aromatic carbocycles. The Balaban J connectivity index is 1.68. The van der Waals surface area contributed by atoms with E-state index in [1.54, 1.807) is 0 Å². The quantitative estimate of drug-likeness (QED) is 0.861. The van der Waals surface area contributed by atoms with Gasteiger partial charge in [-0.3, -0.25) is 0 Å². The number of hydrogen-bond donors (Lipinski definition) is 1. The number of carbonyl (C=O) groups is 1. The number of cyclic esters (lactones) is 1. The monoisotopic (exact) mass is 296 g/mol. The molecule has 1 N–H and O–H groups in total. The van der Waals surface area contributed by atoms with Crippen LogP contribution in [0.3, 0.4) is 0 Å². The first-order valence-corrected chi connectivity index (χ1v) is 7.09. The number of aliphatic hydroxyl groups is 1. The van der Waals surface area contributed by atoms with E-state index in [0.29, 0.717) is 6.42 Å². The van der Waals surface area contributed by atoms with Gasteiger partial charge < -0.3 is 14.6 Å². The summed E-state index contributed by atoms with van der Waals surface area (Å²) in [6, 6.07) is 19.0. The minimum Gasteiger partial charge on any atom is -0.505 e. The summed E-state index contributed by atoms with van der Waals surface area (Å²) < 4.78 is 10.6. The molecule has 0 radical (unpaired) electrons. The van der Waals surface area contributed by atoms with Crippen molar-refractivity contribution in [2.75, 3.05) is 0 Å². The van der Waals surface area contributed by atoms with Gasteiger partial charge >= 0.3 is 5.97 Å². The van der Waals surface area contributed by atoms with Gasteiger partial charge in [-0.1, -0.05) is 60.7 Å². The molecule has 1 atom stereocenters. The van der Waals surface area contributed by atoms with Gasteiger partial charge in [0.25, 0.3) is 0 Å². The molecule has 0 saturated carbocycles. The summed E-state index contributed by atoms with van der Waals surface area (Å²) in [6.45, 7) is 0.216. The van der Waals surface area contributed by atoms with Crippen molar-refractivity contribution in [2.24, 2.45) is 0 Å². The molecule has 2 aromatic rings. The Kier molecular flexibility index (Phi) is 4.10. The van der Waals surface area contributed by atoms with E-state index in [9.17, 15) is 9.90 Å². The van der Waals surface area contributed by atoms with E-state index in [4.69, 9.17) is 9.47 Å². The molecule has 1 heterocycles. The maximum absolute atomic E-state index is 11.8. The van der Waals surface area contributed by atoms with Gasteiger partial charge in [-0.15, -0.1) is 0 Å². The average Bonchev–Trinajstić information content (AvgIpc) is 2.81. The molecule has 0 aliphatic carbocycles. The van der Waals surface area contributed by atoms with Crippen LogP contribution in [0.15, 0.2) is 72.2 Å². The zero-order valence-electron chi connectivity index (χ0n) is 11.9. The zero-order valence-corrected chi connectivity index (χ0v) is 11.9. The van der Waals surface area contributed by atoms with Crippen LogP contribution in [-0.2, 0) is 27.3 Å². The standard InChI is InChI=1S/C18H16O4/c19-16-15(11-13-7-3-1-4-8-13)22-18(20)17(16)21-12-14-9-5-2-6-10-14/h1-10,15,19H,11-12H2/t15-/m1/s1. The van der Waals surface area contributed by atoms with E-state index in [2.05, 4.69) is 0 Å². The highest BCUT2D eigenvalue weighted by atomic mass is 16.6. The molecule has 0 unspecified atom stereocenters. The number of rotatable bonds is 5. The summed E-state index contributed by atoms with van der Waals surface area (Å²) in [6.07, 6.45) is -0.253. The van der Waals surface area contributed by atoms with Gasteiger partial charge in [-0.2, -0.15) is 0 Å². The topological polar surface area (TPSA) is 55.8 Å². The molecule has 3 rings (SSSR count). The number of carbonyl (C=O) groups excluding carboxylic acids is 1. The second-order valence-electron chi connectivity index (χ2n) is 5.07. The summed E-state index contributed by atoms with van der Waals surface area (Å²) in [7, 11) is 0. The molecular formula is C18H16O4. The van der Waals surface area contributed by atoms with Crippen molar-refractivity contribution in [3.8, 4) is 0 Å². The summed E-state index contributed by atoms with van der Waals surface area (Å²) in [5.41, 5.74) is 1.90. The minimum absolute atomic E-state index is 0.0928. The Labute approximate surface area is 128 Å². The molecule has 0 aromatic heterocycles. The number of hydrogen-bond acceptors (Lipinski definition) is 4. The van der Waals surface area contributed by atoms with Crippen LogP contribution in [0.25, 0.3) is 0 Å². The van der Waals surface area contributed by atoms with Crippen molar-refractivity contribution in [3.63, 3.8) is 0 Å². The Bertz CT molecular complexity index is 677. The number of benzene rings is 2. The van der Waals surface area contributed by atoms with Gasteiger partial charge in [0, 0.05) is 6.42 Å². The Hall–Kier alpha value is -2.75. The van der Waals surface area contributed by atoms with Gasteiger partial charge in [0.05, 0.1) is 0 Å². The van der Waals surface area contributed by atoms with Crippen molar-refractivity contribution in [3.05, 3.63) is 83.3 Å². The van der Waals surface area contributed by atoms with Crippen LogP contribution in [0.5, 0.6) is 0 Å². The summed E-state index contributed by atoms with van der Waals surface area (Å²) in [5.74, 6) is -0.844. The van der Waals surface area contributed by atoms with Crippen molar-refractivity contribution >= 4 is 5.97 Å². The molecule has 22 heavy (non-hydrogen) atoms. The Morgan fingerprint density at radius 1 is 0.955 bits per heavy atom. The van der Waals surface area contributed by atoms with Crippen molar-refractivity contribution in [2.45, 2.75) is 19.1 Å². The van der Waals surface area contributed by atoms with Crippen LogP contribution in [-0.4, -0.2) is 17.2 Å². The highest BCUT2D eigenvalue weighted by Gasteiger charge is 2.36. The maximum atomic E-state index is 11.8. The molecule has 4 heteroatoms. The normalized spacial score (nSPS) is 17.5. The third-order valence-corrected chi connectivity index (χ3v) is 3.46. The molecule has 1 aliphatic heterocycles. The minimum atomic E-state index is -0.680. The van der Waals surface area contributed by atoms with Crippen LogP contribution in [0.2, 0.25) is 0 Å². The number of ether oxygens (including phenoxy) is 2. The predicted molar refractivity (Wildman–Crippen MR) is 80.9 cm³/mol. The van der Waals surface area contributed by atoms with E-state index in [-0.39, 0.29) is 18.1 Å². The first kappa shape index (κ1) is 14.2. The highest BCUT2D eigenvalue weighted by Crippen LogP contribution is 2.25. The van der Waals surface area contributed by atoms with Gasteiger partial charge in [0.2, 0.25) is 5.76 Å². The fourth-order valence-electron chi connectivity index (χ4n) is 2.32. The lowest BCUT2D eigenvalue weighted by atomic mass is 10.1. The van der Waals surface area contributed by atoms with E-state index in [1.165, 1.54) is 0 Å². The predicted octanol–water partition coefficient (Wildman–Crippen LogP) is 3.14. The molecule has 0 saturated heterocycles. The summed E-state index contributed by atoms with van der Waals surface area (Å²) >= 11 is 0. The van der Waals surface area contributed by atoms with Crippen molar-refractivity contribution in [1.82, 2.24) is 0 Å². The number of aliphatic hydroxyl groups excluding tert-OH is 1. The van der Waals surface area contributed by atoms with Gasteiger partial charge in [0.1, 0.15) is 6.61 Å². The molecular weight excluding hydrogens is 280 g/mol. The van der Waals surface area contributed by atoms with Crippen LogP contribution in [0.1, 0.15) is 11.1 Å². The molecule has 1 aliphatic rings. The molecule has 0 amide bonds. The molecule has 0 bridgehead atoms. The Morgan fingerprint density at radius 3 is 2.18 bits per heavy atom. The lowest BCUT2D eigenvalue weighted by Crippen LogP contribution is -2.14. The van der Waals surface area contributed by atoms with E-state index < -0.39 is 12.1 Å². The fraction of sp³-hybridized carbons (Fsp3) is 0.167. The smallest absolute Gasteiger partial charge is 0.378 e. The molecule has 0 fully saturated rings. The van der Waals surface area contributed by atoms with Crippen LogP contribution in [0.4, 0.5) is 0 Å². The first-order valence-electron chi connectivity index (χ1n) is 7.09. The van der Waals surface area contributed by atoms with Gasteiger partial charge in [0.15, 0.2) is 11.9 Å². The van der Waals surface area contributed by atoms with E-state index in [1.807, 2.05) is 60.7 Å². The van der Waals surface area contributed by atoms with Crippen LogP contribution >= 0.6 is 0 Å². The molecule has 112 valence electrons. The third kappa shape index (κ3) is 3.11. The highest BCUT2D eigenvalue weighted by molar-refractivity contribution is 5.89. The van der Waals surface area contributed by atoms with Gasteiger partial charge in [-0.25, -0.2) is 4.79 Å². The zero-order chi connectivity index (χ0) is 15.4. The SMILES string of the molecule is O=C1O[C@H](Cc2ccccc2)C(O)=C1OCc1ccccc1. The van der Waals surface area contributed by atoms with Crippen LogP contribution < -0.4 is 0 Å². The maximum Gasteiger partial charge on any atom is 0.378 e. The second kappa shape index (κ2) is 6.35. The molecule has 4 nitrogen and oxygen atoms in total. The largest absolute Gasteiger partial charge is 0.505 e. The van der Waals surface area contributed by atoms with Crippen molar-refractivity contribution < 1.29 is 19.4 Å². The Morgan fingerprint density at radius 2 is 1.55 bits per heavy atom. The number of esters is 1. The fourth-order valence-corrected chi connectivity index (χ4v) is 2.32. The lowest BCUT2D eigenvalue weighted by Gasteiger charge is -2.09. The van der Waals surface area contributed by atoms with E-state index >= 15 is 0 Å². The molecule has 0 spiro atoms. The lowest BCUT2D eigenvalue weighted by molar-refractivity contribution is -0.143. The summed E-state index contributed by atoms with van der Waals surface area (Å²) in [4.78, 5) is 11.8. The van der Waals surface area contributed by atoms with Crippen LogP contribution in [0, 0.1) is 0 Å².